The molecule has 6 nitrogen and oxygen atoms in total. The highest BCUT2D eigenvalue weighted by Gasteiger charge is 2.43. The van der Waals surface area contributed by atoms with E-state index >= 15 is 0 Å². The maximum atomic E-state index is 12.9. The number of carbonyl (C=O) groups excluding carboxylic acids is 2. The van der Waals surface area contributed by atoms with Gasteiger partial charge in [0.15, 0.2) is 0 Å². The topological polar surface area (TPSA) is 84.9 Å². The molecule has 206 valence electrons. The zero-order valence-electron chi connectivity index (χ0n) is 23.2. The number of carbonyl (C=O) groups is 2. The number of cyclic esters (lactones) is 1. The van der Waals surface area contributed by atoms with Gasteiger partial charge in [-0.05, 0) is 31.6 Å². The van der Waals surface area contributed by atoms with E-state index in [1.54, 1.807) is 0 Å². The first-order chi connectivity index (χ1) is 16.9. The molecule has 2 N–H and O–H groups in total. The first-order valence-electron chi connectivity index (χ1n) is 14.7. The third-order valence-electron chi connectivity index (χ3n) is 7.22. The van der Waals surface area contributed by atoms with Gasteiger partial charge in [-0.15, -0.1) is 0 Å². The molecule has 0 radical (unpaired) electrons. The van der Waals surface area contributed by atoms with Gasteiger partial charge >= 0.3 is 11.9 Å². The van der Waals surface area contributed by atoms with Gasteiger partial charge in [-0.25, -0.2) is 5.48 Å². The van der Waals surface area contributed by atoms with E-state index < -0.39 is 0 Å². The molecular weight excluding hydrogens is 442 g/mol. The van der Waals surface area contributed by atoms with Crippen molar-refractivity contribution in [2.75, 3.05) is 6.54 Å². The lowest BCUT2D eigenvalue weighted by atomic mass is 9.86. The van der Waals surface area contributed by atoms with Crippen LogP contribution in [0.3, 0.4) is 0 Å². The smallest absolute Gasteiger partial charge is 0.313 e. The summed E-state index contributed by atoms with van der Waals surface area (Å²) in [6.07, 6.45) is 18.4. The molecule has 1 rings (SSSR count). The summed E-state index contributed by atoms with van der Waals surface area (Å²) in [7, 11) is 0. The van der Waals surface area contributed by atoms with Gasteiger partial charge in [-0.3, -0.25) is 9.59 Å². The molecule has 0 spiro atoms. The highest BCUT2D eigenvalue weighted by Crippen LogP contribution is 2.33. The molecule has 1 saturated heterocycles. The Labute approximate surface area is 215 Å². The molecule has 0 aliphatic carbocycles. The summed E-state index contributed by atoms with van der Waals surface area (Å²) in [6, 6.07) is 0. The normalized spacial score (nSPS) is 19.3. The maximum Gasteiger partial charge on any atom is 0.313 e. The van der Waals surface area contributed by atoms with Gasteiger partial charge in [-0.2, -0.15) is 0 Å². The Kier molecular flexibility index (Phi) is 18.2. The Morgan fingerprint density at radius 2 is 1.51 bits per heavy atom. The van der Waals surface area contributed by atoms with E-state index in [1.165, 1.54) is 57.8 Å². The third kappa shape index (κ3) is 14.3. The molecular formula is C29H55NO5. The molecule has 1 aliphatic heterocycles. The molecule has 35 heavy (non-hydrogen) atoms. The average Bonchev–Trinajstić information content (AvgIpc) is 2.81. The second kappa shape index (κ2) is 20.0. The predicted molar refractivity (Wildman–Crippen MR) is 141 cm³/mol. The van der Waals surface area contributed by atoms with Crippen LogP contribution in [0.2, 0.25) is 0 Å². The lowest BCUT2D eigenvalue weighted by Gasteiger charge is -2.37. The zero-order valence-corrected chi connectivity index (χ0v) is 23.2. The molecule has 1 heterocycles. The van der Waals surface area contributed by atoms with Crippen molar-refractivity contribution in [3.63, 3.8) is 0 Å². The standard InChI is InChI=1S/C29H55NO5/c1-5-7-9-11-12-13-14-15-16-18-25(34-28(31)24(22-30-33)20-23(3)4)21-27-26(29(32)35-27)19-17-10-8-6-2/h23-27,30,33H,5-22H2,1-4H3/t24-,25-,26-,27?/m0/s1. The van der Waals surface area contributed by atoms with Crippen LogP contribution in [-0.2, 0) is 19.1 Å². The van der Waals surface area contributed by atoms with Crippen LogP contribution in [0.1, 0.15) is 137 Å². The van der Waals surface area contributed by atoms with E-state index in [-0.39, 0.29) is 42.5 Å². The number of unbranched alkanes of at least 4 members (excludes halogenated alkanes) is 11. The molecule has 4 atom stereocenters. The molecule has 0 aromatic carbocycles. The Balaban J connectivity index is 2.57. The highest BCUT2D eigenvalue weighted by atomic mass is 16.6. The first-order valence-corrected chi connectivity index (χ1v) is 14.7. The van der Waals surface area contributed by atoms with E-state index in [9.17, 15) is 14.8 Å². The van der Waals surface area contributed by atoms with E-state index in [4.69, 9.17) is 9.47 Å². The molecule has 0 aromatic heterocycles. The van der Waals surface area contributed by atoms with Crippen LogP contribution in [0.15, 0.2) is 0 Å². The summed E-state index contributed by atoms with van der Waals surface area (Å²) < 4.78 is 11.5. The molecule has 0 bridgehead atoms. The van der Waals surface area contributed by atoms with Crippen molar-refractivity contribution in [1.29, 1.82) is 0 Å². The second-order valence-corrected chi connectivity index (χ2v) is 11.0. The molecule has 1 fully saturated rings. The minimum absolute atomic E-state index is 0.0539. The van der Waals surface area contributed by atoms with Crippen molar-refractivity contribution in [1.82, 2.24) is 5.48 Å². The van der Waals surface area contributed by atoms with Crippen LogP contribution < -0.4 is 5.48 Å². The van der Waals surface area contributed by atoms with Crippen LogP contribution in [0, 0.1) is 17.8 Å². The van der Waals surface area contributed by atoms with Crippen molar-refractivity contribution in [2.24, 2.45) is 17.8 Å². The Morgan fingerprint density at radius 3 is 2.06 bits per heavy atom. The van der Waals surface area contributed by atoms with Crippen molar-refractivity contribution in [2.45, 2.75) is 149 Å². The van der Waals surface area contributed by atoms with E-state index in [0.717, 1.165) is 38.5 Å². The predicted octanol–water partition coefficient (Wildman–Crippen LogP) is 7.36. The zero-order chi connectivity index (χ0) is 25.9. The number of hydrogen-bond donors (Lipinski definition) is 2. The van der Waals surface area contributed by atoms with Gasteiger partial charge in [0.05, 0.1) is 11.8 Å². The Morgan fingerprint density at radius 1 is 0.943 bits per heavy atom. The van der Waals surface area contributed by atoms with Gasteiger partial charge in [0.25, 0.3) is 0 Å². The number of ether oxygens (including phenoxy) is 2. The Hall–Kier alpha value is -1.14. The number of hydrogen-bond acceptors (Lipinski definition) is 6. The van der Waals surface area contributed by atoms with Gasteiger partial charge in [0.1, 0.15) is 12.2 Å². The van der Waals surface area contributed by atoms with Crippen LogP contribution in [0.4, 0.5) is 0 Å². The quantitative estimate of drug-likeness (QED) is 0.0871. The number of esters is 2. The molecule has 1 aliphatic rings. The van der Waals surface area contributed by atoms with Gasteiger partial charge in [0, 0.05) is 13.0 Å². The van der Waals surface area contributed by atoms with Crippen molar-refractivity contribution >= 4 is 11.9 Å². The third-order valence-corrected chi connectivity index (χ3v) is 7.22. The van der Waals surface area contributed by atoms with Crippen molar-refractivity contribution in [3.05, 3.63) is 0 Å². The van der Waals surface area contributed by atoms with E-state index in [0.29, 0.717) is 18.8 Å². The summed E-state index contributed by atoms with van der Waals surface area (Å²) in [5.74, 6) is -0.453. The van der Waals surface area contributed by atoms with Gasteiger partial charge < -0.3 is 14.7 Å². The van der Waals surface area contributed by atoms with Crippen LogP contribution >= 0.6 is 0 Å². The SMILES string of the molecule is CCCCCCCCCCC[C@@H](CC1OC(=O)[C@H]1CCCCCC)OC(=O)[C@H](CNO)CC(C)C. The maximum absolute atomic E-state index is 12.9. The van der Waals surface area contributed by atoms with Gasteiger partial charge in [0.2, 0.25) is 0 Å². The minimum atomic E-state index is -0.376. The number of hydroxylamine groups is 1. The summed E-state index contributed by atoms with van der Waals surface area (Å²) in [6.45, 7) is 8.75. The van der Waals surface area contributed by atoms with Crippen molar-refractivity contribution < 1.29 is 24.3 Å². The summed E-state index contributed by atoms with van der Waals surface area (Å²) in [5, 5.41) is 9.19. The first kappa shape index (κ1) is 31.9. The van der Waals surface area contributed by atoms with E-state index in [1.807, 2.05) is 0 Å². The fourth-order valence-corrected chi connectivity index (χ4v) is 5.07. The molecule has 0 saturated carbocycles. The fourth-order valence-electron chi connectivity index (χ4n) is 5.07. The van der Waals surface area contributed by atoms with Crippen LogP contribution in [0.5, 0.6) is 0 Å². The lowest BCUT2D eigenvalue weighted by Crippen LogP contribution is -2.47. The largest absolute Gasteiger partial charge is 0.462 e. The summed E-state index contributed by atoms with van der Waals surface area (Å²) >= 11 is 0. The fraction of sp³-hybridized carbons (Fsp3) is 0.931. The number of nitrogens with one attached hydrogen (secondary N) is 1. The lowest BCUT2D eigenvalue weighted by molar-refractivity contribution is -0.190. The number of rotatable bonds is 23. The summed E-state index contributed by atoms with van der Waals surface area (Å²) in [4.78, 5) is 25.0. The Bertz CT molecular complexity index is 553. The molecule has 0 amide bonds. The molecule has 0 aromatic rings. The van der Waals surface area contributed by atoms with E-state index in [2.05, 4.69) is 33.2 Å². The molecule has 1 unspecified atom stereocenters. The monoisotopic (exact) mass is 497 g/mol. The summed E-state index contributed by atoms with van der Waals surface area (Å²) in [5.41, 5.74) is 2.15. The van der Waals surface area contributed by atoms with Crippen LogP contribution in [-0.4, -0.2) is 35.9 Å². The van der Waals surface area contributed by atoms with Crippen LogP contribution in [0.25, 0.3) is 0 Å². The second-order valence-electron chi connectivity index (χ2n) is 11.0. The van der Waals surface area contributed by atoms with Gasteiger partial charge in [-0.1, -0.05) is 105 Å². The van der Waals surface area contributed by atoms with Crippen molar-refractivity contribution in [3.8, 4) is 0 Å². The average molecular weight is 498 g/mol. The highest BCUT2D eigenvalue weighted by molar-refractivity contribution is 5.78. The minimum Gasteiger partial charge on any atom is -0.462 e. The molecule has 6 heteroatoms.